The SMILES string of the molecule is CO[C@H]1CC[C@H](OC(C)=O)[C@@H](CNC(C)=O)O1. The van der Waals surface area contributed by atoms with Crippen molar-refractivity contribution in [3.63, 3.8) is 0 Å². The van der Waals surface area contributed by atoms with Crippen LogP contribution in [0.5, 0.6) is 0 Å². The second kappa shape index (κ2) is 6.56. The fourth-order valence-electron chi connectivity index (χ4n) is 1.78. The van der Waals surface area contributed by atoms with E-state index >= 15 is 0 Å². The number of rotatable bonds is 4. The molecule has 98 valence electrons. The van der Waals surface area contributed by atoms with Gasteiger partial charge < -0.3 is 19.5 Å². The average Bonchev–Trinajstić information content (AvgIpc) is 2.27. The molecule has 1 fully saturated rings. The van der Waals surface area contributed by atoms with Crippen LogP contribution in [0.4, 0.5) is 0 Å². The molecule has 0 aromatic heterocycles. The fourth-order valence-corrected chi connectivity index (χ4v) is 1.78. The lowest BCUT2D eigenvalue weighted by atomic mass is 10.0. The molecule has 0 aliphatic carbocycles. The molecule has 6 nitrogen and oxygen atoms in total. The zero-order chi connectivity index (χ0) is 12.8. The second-order valence-electron chi connectivity index (χ2n) is 4.00. The van der Waals surface area contributed by atoms with Crippen LogP contribution in [0.3, 0.4) is 0 Å². The largest absolute Gasteiger partial charge is 0.460 e. The first-order valence-electron chi connectivity index (χ1n) is 5.63. The van der Waals surface area contributed by atoms with Crippen molar-refractivity contribution in [3.05, 3.63) is 0 Å². The van der Waals surface area contributed by atoms with Gasteiger partial charge in [-0.05, 0) is 6.42 Å². The summed E-state index contributed by atoms with van der Waals surface area (Å²) in [6.07, 6.45) is 0.348. The highest BCUT2D eigenvalue weighted by Crippen LogP contribution is 2.22. The van der Waals surface area contributed by atoms with Gasteiger partial charge in [0.1, 0.15) is 12.2 Å². The van der Waals surface area contributed by atoms with Crippen molar-refractivity contribution in [2.24, 2.45) is 0 Å². The van der Waals surface area contributed by atoms with Crippen LogP contribution >= 0.6 is 0 Å². The lowest BCUT2D eigenvalue weighted by Gasteiger charge is -2.35. The quantitative estimate of drug-likeness (QED) is 0.716. The summed E-state index contributed by atoms with van der Waals surface area (Å²) in [5.41, 5.74) is 0. The first-order valence-corrected chi connectivity index (χ1v) is 5.63. The van der Waals surface area contributed by atoms with Gasteiger partial charge in [-0.3, -0.25) is 9.59 Å². The summed E-state index contributed by atoms with van der Waals surface area (Å²) in [5, 5.41) is 2.65. The van der Waals surface area contributed by atoms with Crippen molar-refractivity contribution < 1.29 is 23.8 Å². The number of esters is 1. The molecule has 1 aliphatic rings. The summed E-state index contributed by atoms with van der Waals surface area (Å²) in [5.74, 6) is -0.489. The van der Waals surface area contributed by atoms with Gasteiger partial charge in [-0.25, -0.2) is 0 Å². The van der Waals surface area contributed by atoms with E-state index < -0.39 is 0 Å². The Balaban J connectivity index is 2.54. The molecule has 1 N–H and O–H groups in total. The molecule has 1 amide bonds. The number of hydrogen-bond donors (Lipinski definition) is 1. The molecule has 6 heteroatoms. The number of carbonyl (C=O) groups is 2. The Bertz CT molecular complexity index is 281. The van der Waals surface area contributed by atoms with E-state index in [1.807, 2.05) is 0 Å². The third-order valence-corrected chi connectivity index (χ3v) is 2.56. The number of methoxy groups -OCH3 is 1. The third-order valence-electron chi connectivity index (χ3n) is 2.56. The maximum Gasteiger partial charge on any atom is 0.302 e. The van der Waals surface area contributed by atoms with Gasteiger partial charge in [-0.1, -0.05) is 0 Å². The fraction of sp³-hybridized carbons (Fsp3) is 0.818. The minimum Gasteiger partial charge on any atom is -0.460 e. The van der Waals surface area contributed by atoms with Crippen molar-refractivity contribution in [2.45, 2.75) is 45.2 Å². The predicted molar refractivity (Wildman–Crippen MR) is 59.1 cm³/mol. The van der Waals surface area contributed by atoms with E-state index in [1.165, 1.54) is 13.8 Å². The molecular weight excluding hydrogens is 226 g/mol. The Labute approximate surface area is 101 Å². The smallest absolute Gasteiger partial charge is 0.302 e. The molecule has 3 atom stereocenters. The Kier molecular flexibility index (Phi) is 5.37. The zero-order valence-electron chi connectivity index (χ0n) is 10.4. The van der Waals surface area contributed by atoms with Crippen LogP contribution in [0.1, 0.15) is 26.7 Å². The standard InChI is InChI=1S/C11H19NO5/c1-7(13)12-6-10-9(16-8(2)14)4-5-11(15-3)17-10/h9-11H,4-6H2,1-3H3,(H,12,13)/t9-,10+,11+/m0/s1. The molecule has 1 heterocycles. The van der Waals surface area contributed by atoms with Crippen LogP contribution in [0, 0.1) is 0 Å². The summed E-state index contributed by atoms with van der Waals surface area (Å²) in [6.45, 7) is 3.10. The lowest BCUT2D eigenvalue weighted by molar-refractivity contribution is -0.218. The van der Waals surface area contributed by atoms with Crippen molar-refractivity contribution in [1.82, 2.24) is 5.32 Å². The highest BCUT2D eigenvalue weighted by atomic mass is 16.7. The molecule has 0 saturated carbocycles. The van der Waals surface area contributed by atoms with Gasteiger partial charge in [0.05, 0.1) is 0 Å². The molecule has 1 rings (SSSR count). The van der Waals surface area contributed by atoms with Crippen LogP contribution in [0.25, 0.3) is 0 Å². The molecule has 0 aromatic rings. The molecule has 0 unspecified atom stereocenters. The monoisotopic (exact) mass is 245 g/mol. The molecule has 1 aliphatic heterocycles. The second-order valence-corrected chi connectivity index (χ2v) is 4.00. The lowest BCUT2D eigenvalue weighted by Crippen LogP contribution is -2.47. The van der Waals surface area contributed by atoms with Crippen LogP contribution < -0.4 is 5.32 Å². The predicted octanol–water partition coefficient (Wildman–Crippen LogP) is 0.206. The Morgan fingerprint density at radius 1 is 1.35 bits per heavy atom. The van der Waals surface area contributed by atoms with Gasteiger partial charge in [-0.2, -0.15) is 0 Å². The maximum absolute atomic E-state index is 11.0. The molecule has 0 spiro atoms. The summed E-state index contributed by atoms with van der Waals surface area (Å²) in [6, 6.07) is 0. The molecule has 17 heavy (non-hydrogen) atoms. The normalized spacial score (nSPS) is 28.5. The molecular formula is C11H19NO5. The van der Waals surface area contributed by atoms with Crippen LogP contribution in [-0.4, -0.2) is 44.0 Å². The number of hydrogen-bond acceptors (Lipinski definition) is 5. The van der Waals surface area contributed by atoms with E-state index in [4.69, 9.17) is 14.2 Å². The highest BCUT2D eigenvalue weighted by molar-refractivity contribution is 5.72. The Morgan fingerprint density at radius 3 is 2.59 bits per heavy atom. The molecule has 1 saturated heterocycles. The average molecular weight is 245 g/mol. The molecule has 0 aromatic carbocycles. The van der Waals surface area contributed by atoms with Gasteiger partial charge in [-0.15, -0.1) is 0 Å². The van der Waals surface area contributed by atoms with Gasteiger partial charge in [0.25, 0.3) is 0 Å². The maximum atomic E-state index is 11.0. The Hall–Kier alpha value is -1.14. The van der Waals surface area contributed by atoms with Gasteiger partial charge in [0.2, 0.25) is 5.91 Å². The van der Waals surface area contributed by atoms with E-state index in [2.05, 4.69) is 5.32 Å². The summed E-state index contributed by atoms with van der Waals surface area (Å²) in [7, 11) is 1.56. The van der Waals surface area contributed by atoms with E-state index in [0.717, 1.165) is 0 Å². The van der Waals surface area contributed by atoms with E-state index in [9.17, 15) is 9.59 Å². The van der Waals surface area contributed by atoms with E-state index in [0.29, 0.717) is 19.4 Å². The summed E-state index contributed by atoms with van der Waals surface area (Å²) >= 11 is 0. The highest BCUT2D eigenvalue weighted by Gasteiger charge is 2.33. The van der Waals surface area contributed by atoms with E-state index in [1.54, 1.807) is 7.11 Å². The summed E-state index contributed by atoms with van der Waals surface area (Å²) < 4.78 is 15.8. The number of nitrogens with one attached hydrogen (secondary N) is 1. The summed E-state index contributed by atoms with van der Waals surface area (Å²) in [4.78, 5) is 21.8. The van der Waals surface area contributed by atoms with Crippen LogP contribution in [-0.2, 0) is 23.8 Å². The molecule has 0 radical (unpaired) electrons. The van der Waals surface area contributed by atoms with Gasteiger partial charge in [0.15, 0.2) is 6.29 Å². The third kappa shape index (κ3) is 4.70. The number of ether oxygens (including phenoxy) is 3. The zero-order valence-corrected chi connectivity index (χ0v) is 10.4. The minimum absolute atomic E-state index is 0.144. The Morgan fingerprint density at radius 2 is 2.06 bits per heavy atom. The molecule has 0 bridgehead atoms. The number of carbonyl (C=O) groups excluding carboxylic acids is 2. The minimum atomic E-state index is -0.360. The van der Waals surface area contributed by atoms with Crippen molar-refractivity contribution in [2.75, 3.05) is 13.7 Å². The van der Waals surface area contributed by atoms with Gasteiger partial charge in [0, 0.05) is 33.9 Å². The topological polar surface area (TPSA) is 73.9 Å². The van der Waals surface area contributed by atoms with Crippen LogP contribution in [0.2, 0.25) is 0 Å². The number of amides is 1. The van der Waals surface area contributed by atoms with Crippen molar-refractivity contribution in [1.29, 1.82) is 0 Å². The van der Waals surface area contributed by atoms with E-state index in [-0.39, 0.29) is 30.4 Å². The van der Waals surface area contributed by atoms with Gasteiger partial charge >= 0.3 is 5.97 Å². The van der Waals surface area contributed by atoms with Crippen molar-refractivity contribution >= 4 is 11.9 Å². The first kappa shape index (κ1) is 13.9. The first-order chi connectivity index (χ1) is 8.02. The van der Waals surface area contributed by atoms with Crippen molar-refractivity contribution in [3.8, 4) is 0 Å². The van der Waals surface area contributed by atoms with Crippen LogP contribution in [0.15, 0.2) is 0 Å².